The van der Waals surface area contributed by atoms with Crippen molar-refractivity contribution < 1.29 is 4.79 Å². The molecule has 0 N–H and O–H groups in total. The SMILES string of the molecule is CC(=O)N1c2ccccc2C(N(C)c2cc(C)ccc2C)C[C@H]1C. The molecule has 3 heteroatoms. The Kier molecular flexibility index (Phi) is 4.35. The van der Waals surface area contributed by atoms with Gasteiger partial charge in [0.1, 0.15) is 0 Å². The smallest absolute Gasteiger partial charge is 0.224 e. The van der Waals surface area contributed by atoms with Gasteiger partial charge in [0.15, 0.2) is 0 Å². The first-order chi connectivity index (χ1) is 11.4. The molecule has 1 unspecified atom stereocenters. The molecule has 3 nitrogen and oxygen atoms in total. The summed E-state index contributed by atoms with van der Waals surface area (Å²) < 4.78 is 0. The molecule has 1 aliphatic rings. The van der Waals surface area contributed by atoms with Gasteiger partial charge in [-0.25, -0.2) is 0 Å². The molecule has 126 valence electrons. The molecular formula is C21H26N2O. The van der Waals surface area contributed by atoms with E-state index >= 15 is 0 Å². The van der Waals surface area contributed by atoms with Crippen molar-refractivity contribution in [2.24, 2.45) is 0 Å². The van der Waals surface area contributed by atoms with Crippen LogP contribution in [0.3, 0.4) is 0 Å². The molecule has 0 aliphatic carbocycles. The van der Waals surface area contributed by atoms with Gasteiger partial charge in [0.25, 0.3) is 0 Å². The monoisotopic (exact) mass is 322 g/mol. The molecule has 0 saturated heterocycles. The van der Waals surface area contributed by atoms with E-state index in [0.29, 0.717) is 0 Å². The third-order valence-corrected chi connectivity index (χ3v) is 5.11. The van der Waals surface area contributed by atoms with Crippen molar-refractivity contribution in [3.05, 3.63) is 59.2 Å². The number of carbonyl (C=O) groups excluding carboxylic acids is 1. The minimum absolute atomic E-state index is 0.114. The van der Waals surface area contributed by atoms with Crippen molar-refractivity contribution in [2.75, 3.05) is 16.8 Å². The summed E-state index contributed by atoms with van der Waals surface area (Å²) in [7, 11) is 2.17. The summed E-state index contributed by atoms with van der Waals surface area (Å²) in [5, 5.41) is 0. The van der Waals surface area contributed by atoms with E-state index in [0.717, 1.165) is 12.1 Å². The lowest BCUT2D eigenvalue weighted by molar-refractivity contribution is -0.117. The number of hydrogen-bond donors (Lipinski definition) is 0. The summed E-state index contributed by atoms with van der Waals surface area (Å²) in [6.07, 6.45) is 0.931. The zero-order valence-corrected chi connectivity index (χ0v) is 15.2. The maximum absolute atomic E-state index is 12.1. The summed E-state index contributed by atoms with van der Waals surface area (Å²) in [6, 6.07) is 15.4. The molecule has 0 aromatic heterocycles. The molecule has 0 bridgehead atoms. The Hall–Kier alpha value is -2.29. The number of para-hydroxylation sites is 1. The summed E-state index contributed by atoms with van der Waals surface area (Å²) in [5.74, 6) is 0.114. The van der Waals surface area contributed by atoms with E-state index < -0.39 is 0 Å². The molecule has 2 aromatic rings. The van der Waals surface area contributed by atoms with E-state index in [4.69, 9.17) is 0 Å². The molecule has 0 radical (unpaired) electrons. The Labute approximate surface area is 144 Å². The zero-order valence-electron chi connectivity index (χ0n) is 15.2. The highest BCUT2D eigenvalue weighted by molar-refractivity contribution is 5.93. The molecule has 3 rings (SSSR count). The van der Waals surface area contributed by atoms with Gasteiger partial charge < -0.3 is 9.80 Å². The van der Waals surface area contributed by atoms with Gasteiger partial charge in [-0.15, -0.1) is 0 Å². The van der Waals surface area contributed by atoms with Crippen LogP contribution in [0.15, 0.2) is 42.5 Å². The minimum Gasteiger partial charge on any atom is -0.367 e. The van der Waals surface area contributed by atoms with Crippen LogP contribution < -0.4 is 9.80 Å². The largest absolute Gasteiger partial charge is 0.367 e. The van der Waals surface area contributed by atoms with E-state index in [9.17, 15) is 4.79 Å². The highest BCUT2D eigenvalue weighted by Crippen LogP contribution is 2.42. The normalized spacial score (nSPS) is 19.8. The standard InChI is InChI=1S/C21H26N2O/c1-14-10-11-15(2)20(12-14)22(5)21-13-16(3)23(17(4)24)19-9-7-6-8-18(19)21/h6-12,16,21H,13H2,1-5H3/t16-,21?/m1/s1. The molecule has 2 aromatic carbocycles. The van der Waals surface area contributed by atoms with Crippen LogP contribution in [-0.4, -0.2) is 19.0 Å². The molecule has 1 heterocycles. The topological polar surface area (TPSA) is 23.6 Å². The first-order valence-electron chi connectivity index (χ1n) is 8.59. The Bertz CT molecular complexity index is 768. The minimum atomic E-state index is 0.114. The third kappa shape index (κ3) is 2.79. The Balaban J connectivity index is 2.06. The Morgan fingerprint density at radius 2 is 1.88 bits per heavy atom. The van der Waals surface area contributed by atoms with Gasteiger partial charge >= 0.3 is 0 Å². The Morgan fingerprint density at radius 3 is 2.58 bits per heavy atom. The van der Waals surface area contributed by atoms with Gasteiger partial charge in [-0.3, -0.25) is 4.79 Å². The lowest BCUT2D eigenvalue weighted by Crippen LogP contribution is -2.45. The zero-order chi connectivity index (χ0) is 17.4. The molecule has 0 spiro atoms. The molecule has 0 fully saturated rings. The highest BCUT2D eigenvalue weighted by Gasteiger charge is 2.34. The van der Waals surface area contributed by atoms with Crippen molar-refractivity contribution in [1.82, 2.24) is 0 Å². The number of amides is 1. The quantitative estimate of drug-likeness (QED) is 0.805. The van der Waals surface area contributed by atoms with Crippen LogP contribution in [0.2, 0.25) is 0 Å². The fourth-order valence-electron chi connectivity index (χ4n) is 3.90. The highest BCUT2D eigenvalue weighted by atomic mass is 16.2. The fourth-order valence-corrected chi connectivity index (χ4v) is 3.90. The predicted molar refractivity (Wildman–Crippen MR) is 101 cm³/mol. The van der Waals surface area contributed by atoms with Gasteiger partial charge in [0.2, 0.25) is 5.91 Å². The number of carbonyl (C=O) groups is 1. The van der Waals surface area contributed by atoms with Crippen LogP contribution in [0.4, 0.5) is 11.4 Å². The first kappa shape index (κ1) is 16.6. The second-order valence-electron chi connectivity index (χ2n) is 6.95. The molecule has 24 heavy (non-hydrogen) atoms. The number of anilines is 2. The van der Waals surface area contributed by atoms with Crippen LogP contribution in [0, 0.1) is 13.8 Å². The van der Waals surface area contributed by atoms with E-state index in [1.54, 1.807) is 6.92 Å². The second-order valence-corrected chi connectivity index (χ2v) is 6.95. The predicted octanol–water partition coefficient (Wildman–Crippen LogP) is 4.63. The van der Waals surface area contributed by atoms with E-state index in [-0.39, 0.29) is 18.0 Å². The van der Waals surface area contributed by atoms with Crippen LogP contribution in [0.1, 0.15) is 43.0 Å². The third-order valence-electron chi connectivity index (χ3n) is 5.11. The maximum atomic E-state index is 12.1. The molecule has 1 amide bonds. The number of nitrogens with zero attached hydrogens (tertiary/aromatic N) is 2. The number of aryl methyl sites for hydroxylation is 2. The first-order valence-corrected chi connectivity index (χ1v) is 8.59. The molecular weight excluding hydrogens is 296 g/mol. The average Bonchev–Trinajstić information content (AvgIpc) is 2.55. The van der Waals surface area contributed by atoms with Crippen molar-refractivity contribution in [1.29, 1.82) is 0 Å². The van der Waals surface area contributed by atoms with Crippen LogP contribution in [0.25, 0.3) is 0 Å². The number of fused-ring (bicyclic) bond motifs is 1. The summed E-state index contributed by atoms with van der Waals surface area (Å²) in [5.41, 5.74) is 6.09. The average molecular weight is 322 g/mol. The number of hydrogen-bond acceptors (Lipinski definition) is 2. The number of benzene rings is 2. The van der Waals surface area contributed by atoms with Crippen molar-refractivity contribution in [2.45, 2.75) is 46.2 Å². The lowest BCUT2D eigenvalue weighted by Gasteiger charge is -2.43. The van der Waals surface area contributed by atoms with E-state index in [2.05, 4.69) is 69.1 Å². The second kappa shape index (κ2) is 6.31. The van der Waals surface area contributed by atoms with Crippen LogP contribution >= 0.6 is 0 Å². The van der Waals surface area contributed by atoms with Gasteiger partial charge in [-0.2, -0.15) is 0 Å². The van der Waals surface area contributed by atoms with Crippen LogP contribution in [-0.2, 0) is 4.79 Å². The van der Waals surface area contributed by atoms with Crippen molar-refractivity contribution in [3.8, 4) is 0 Å². The van der Waals surface area contributed by atoms with Gasteiger partial charge in [0, 0.05) is 31.4 Å². The molecule has 2 atom stereocenters. The van der Waals surface area contributed by atoms with Gasteiger partial charge in [0.05, 0.1) is 6.04 Å². The summed E-state index contributed by atoms with van der Waals surface area (Å²) in [4.78, 5) is 16.4. The van der Waals surface area contributed by atoms with Crippen LogP contribution in [0.5, 0.6) is 0 Å². The van der Waals surface area contributed by atoms with Crippen molar-refractivity contribution in [3.63, 3.8) is 0 Å². The van der Waals surface area contributed by atoms with Crippen molar-refractivity contribution >= 4 is 17.3 Å². The van der Waals surface area contributed by atoms with E-state index in [1.807, 2.05) is 11.0 Å². The maximum Gasteiger partial charge on any atom is 0.224 e. The summed E-state index contributed by atoms with van der Waals surface area (Å²) >= 11 is 0. The van der Waals surface area contributed by atoms with Gasteiger partial charge in [-0.05, 0) is 56.0 Å². The molecule has 1 aliphatic heterocycles. The molecule has 0 saturated carbocycles. The Morgan fingerprint density at radius 1 is 1.17 bits per heavy atom. The lowest BCUT2D eigenvalue weighted by atomic mass is 9.90. The summed E-state index contributed by atoms with van der Waals surface area (Å²) in [6.45, 7) is 8.08. The van der Waals surface area contributed by atoms with E-state index in [1.165, 1.54) is 22.4 Å². The van der Waals surface area contributed by atoms with Gasteiger partial charge in [-0.1, -0.05) is 30.3 Å². The fraction of sp³-hybridized carbons (Fsp3) is 0.381. The number of rotatable bonds is 2.